The molecule has 2 nitrogen and oxygen atoms in total. The molecule has 1 unspecified atom stereocenters. The van der Waals surface area contributed by atoms with Gasteiger partial charge in [0.2, 0.25) is 0 Å². The maximum atomic E-state index is 3.66. The molecule has 0 aliphatic carbocycles. The zero-order valence-corrected chi connectivity index (χ0v) is 12.7. The standard InChI is InChI=1S/C16H34N2/c1-3-5-10-16(4-2)15-17-11-9-14-18-12-7-6-8-13-18/h16-17H,3-15H2,1-2H3. The molecule has 0 aromatic rings. The van der Waals surface area contributed by atoms with Crippen LogP contribution in [-0.2, 0) is 0 Å². The van der Waals surface area contributed by atoms with Crippen molar-refractivity contribution in [3.8, 4) is 0 Å². The highest BCUT2D eigenvalue weighted by atomic mass is 15.1. The second-order valence-corrected chi connectivity index (χ2v) is 5.88. The largest absolute Gasteiger partial charge is 0.316 e. The van der Waals surface area contributed by atoms with E-state index < -0.39 is 0 Å². The zero-order valence-electron chi connectivity index (χ0n) is 12.7. The molecule has 108 valence electrons. The minimum absolute atomic E-state index is 0.903. The Balaban J connectivity index is 1.93. The van der Waals surface area contributed by atoms with E-state index in [1.165, 1.54) is 84.1 Å². The van der Waals surface area contributed by atoms with Gasteiger partial charge in [0, 0.05) is 0 Å². The average molecular weight is 254 g/mol. The van der Waals surface area contributed by atoms with Crippen molar-refractivity contribution in [2.24, 2.45) is 5.92 Å². The van der Waals surface area contributed by atoms with E-state index in [-0.39, 0.29) is 0 Å². The maximum absolute atomic E-state index is 3.66. The minimum Gasteiger partial charge on any atom is -0.316 e. The Morgan fingerprint density at radius 1 is 1.06 bits per heavy atom. The summed E-state index contributed by atoms with van der Waals surface area (Å²) in [6.45, 7) is 11.0. The summed E-state index contributed by atoms with van der Waals surface area (Å²) in [5, 5.41) is 3.66. The Labute approximate surface area is 115 Å². The summed E-state index contributed by atoms with van der Waals surface area (Å²) in [4.78, 5) is 2.64. The first-order valence-corrected chi connectivity index (χ1v) is 8.29. The summed E-state index contributed by atoms with van der Waals surface area (Å²) < 4.78 is 0. The molecule has 1 saturated heterocycles. The summed E-state index contributed by atoms with van der Waals surface area (Å²) >= 11 is 0. The van der Waals surface area contributed by atoms with Gasteiger partial charge in [0.15, 0.2) is 0 Å². The van der Waals surface area contributed by atoms with Gasteiger partial charge in [-0.3, -0.25) is 0 Å². The first-order valence-electron chi connectivity index (χ1n) is 8.29. The summed E-state index contributed by atoms with van der Waals surface area (Å²) in [7, 11) is 0. The molecule has 1 atom stereocenters. The fourth-order valence-electron chi connectivity index (χ4n) is 2.86. The third kappa shape index (κ3) is 7.38. The number of hydrogen-bond donors (Lipinski definition) is 1. The summed E-state index contributed by atoms with van der Waals surface area (Å²) in [6, 6.07) is 0. The molecule has 1 aliphatic heterocycles. The zero-order chi connectivity index (χ0) is 13.1. The second kappa shape index (κ2) is 10.8. The number of nitrogens with zero attached hydrogens (tertiary/aromatic N) is 1. The quantitative estimate of drug-likeness (QED) is 0.598. The molecule has 0 spiro atoms. The number of rotatable bonds is 10. The van der Waals surface area contributed by atoms with E-state index in [4.69, 9.17) is 0 Å². The fourth-order valence-corrected chi connectivity index (χ4v) is 2.86. The van der Waals surface area contributed by atoms with Gasteiger partial charge in [0.05, 0.1) is 0 Å². The molecule has 0 bridgehead atoms. The first-order chi connectivity index (χ1) is 8.86. The van der Waals surface area contributed by atoms with E-state index in [1.54, 1.807) is 0 Å². The molecular formula is C16H34N2. The smallest absolute Gasteiger partial charge is 0.000664 e. The van der Waals surface area contributed by atoms with Crippen LogP contribution in [-0.4, -0.2) is 37.6 Å². The summed E-state index contributed by atoms with van der Waals surface area (Å²) in [5.74, 6) is 0.903. The van der Waals surface area contributed by atoms with Crippen molar-refractivity contribution >= 4 is 0 Å². The Morgan fingerprint density at radius 3 is 2.50 bits per heavy atom. The Hall–Kier alpha value is -0.0800. The van der Waals surface area contributed by atoms with Crippen LogP contribution < -0.4 is 5.32 Å². The van der Waals surface area contributed by atoms with Crippen LogP contribution in [0, 0.1) is 5.92 Å². The maximum Gasteiger partial charge on any atom is -0.000664 e. The van der Waals surface area contributed by atoms with Crippen molar-refractivity contribution in [2.45, 2.75) is 65.2 Å². The van der Waals surface area contributed by atoms with E-state index in [0.717, 1.165) is 5.92 Å². The molecule has 0 aromatic heterocycles. The van der Waals surface area contributed by atoms with Crippen LogP contribution in [0.4, 0.5) is 0 Å². The summed E-state index contributed by atoms with van der Waals surface area (Å²) in [5.41, 5.74) is 0. The van der Waals surface area contributed by atoms with Crippen LogP contribution >= 0.6 is 0 Å². The number of hydrogen-bond acceptors (Lipinski definition) is 2. The SMILES string of the molecule is CCCCC(CC)CNCCCN1CCCCC1. The van der Waals surface area contributed by atoms with E-state index in [0.29, 0.717) is 0 Å². The Kier molecular flexibility index (Phi) is 9.59. The van der Waals surface area contributed by atoms with E-state index in [2.05, 4.69) is 24.1 Å². The highest BCUT2D eigenvalue weighted by molar-refractivity contribution is 4.66. The van der Waals surface area contributed by atoms with Crippen molar-refractivity contribution in [3.05, 3.63) is 0 Å². The minimum atomic E-state index is 0.903. The number of likely N-dealkylation sites (tertiary alicyclic amines) is 1. The van der Waals surface area contributed by atoms with Gasteiger partial charge in [0.1, 0.15) is 0 Å². The molecule has 1 rings (SSSR count). The fraction of sp³-hybridized carbons (Fsp3) is 1.00. The average Bonchev–Trinajstić information content (AvgIpc) is 2.43. The first kappa shape index (κ1) is 16.0. The van der Waals surface area contributed by atoms with Crippen molar-refractivity contribution in [2.75, 3.05) is 32.7 Å². The lowest BCUT2D eigenvalue weighted by atomic mass is 9.99. The summed E-state index contributed by atoms with van der Waals surface area (Å²) in [6.07, 6.45) is 11.1. The van der Waals surface area contributed by atoms with Crippen LogP contribution in [0.2, 0.25) is 0 Å². The number of unbranched alkanes of at least 4 members (excludes halogenated alkanes) is 1. The van der Waals surface area contributed by atoms with Crippen LogP contribution in [0.5, 0.6) is 0 Å². The van der Waals surface area contributed by atoms with Crippen molar-refractivity contribution in [1.82, 2.24) is 10.2 Å². The molecule has 1 aliphatic rings. The monoisotopic (exact) mass is 254 g/mol. The van der Waals surface area contributed by atoms with Crippen LogP contribution in [0.25, 0.3) is 0 Å². The van der Waals surface area contributed by atoms with Gasteiger partial charge in [-0.15, -0.1) is 0 Å². The van der Waals surface area contributed by atoms with Crippen molar-refractivity contribution < 1.29 is 0 Å². The topological polar surface area (TPSA) is 15.3 Å². The molecule has 0 saturated carbocycles. The molecule has 1 N–H and O–H groups in total. The van der Waals surface area contributed by atoms with Gasteiger partial charge in [-0.25, -0.2) is 0 Å². The highest BCUT2D eigenvalue weighted by Crippen LogP contribution is 2.11. The highest BCUT2D eigenvalue weighted by Gasteiger charge is 2.09. The van der Waals surface area contributed by atoms with E-state index in [9.17, 15) is 0 Å². The Morgan fingerprint density at radius 2 is 1.83 bits per heavy atom. The van der Waals surface area contributed by atoms with Crippen molar-refractivity contribution in [3.63, 3.8) is 0 Å². The molecule has 0 amide bonds. The molecule has 18 heavy (non-hydrogen) atoms. The molecule has 2 heteroatoms. The van der Waals surface area contributed by atoms with E-state index >= 15 is 0 Å². The third-order valence-electron chi connectivity index (χ3n) is 4.25. The molecular weight excluding hydrogens is 220 g/mol. The van der Waals surface area contributed by atoms with Gasteiger partial charge in [0.25, 0.3) is 0 Å². The van der Waals surface area contributed by atoms with Gasteiger partial charge in [-0.05, 0) is 64.3 Å². The third-order valence-corrected chi connectivity index (χ3v) is 4.25. The second-order valence-electron chi connectivity index (χ2n) is 5.88. The number of piperidine rings is 1. The van der Waals surface area contributed by atoms with E-state index in [1.807, 2.05) is 0 Å². The molecule has 1 heterocycles. The van der Waals surface area contributed by atoms with Crippen LogP contribution in [0.3, 0.4) is 0 Å². The Bertz CT molecular complexity index is 176. The molecule has 0 aromatic carbocycles. The van der Waals surface area contributed by atoms with Gasteiger partial charge in [-0.1, -0.05) is 39.5 Å². The lowest BCUT2D eigenvalue weighted by Crippen LogP contribution is -2.33. The molecule has 1 fully saturated rings. The van der Waals surface area contributed by atoms with Crippen LogP contribution in [0.1, 0.15) is 65.2 Å². The van der Waals surface area contributed by atoms with Gasteiger partial charge >= 0.3 is 0 Å². The van der Waals surface area contributed by atoms with Gasteiger partial charge < -0.3 is 10.2 Å². The number of nitrogens with one attached hydrogen (secondary N) is 1. The van der Waals surface area contributed by atoms with Crippen LogP contribution in [0.15, 0.2) is 0 Å². The molecule has 0 radical (unpaired) electrons. The lowest BCUT2D eigenvalue weighted by Gasteiger charge is -2.26. The van der Waals surface area contributed by atoms with Crippen molar-refractivity contribution in [1.29, 1.82) is 0 Å². The normalized spacial score (nSPS) is 19.0. The van der Waals surface area contributed by atoms with Gasteiger partial charge in [-0.2, -0.15) is 0 Å². The predicted molar refractivity (Wildman–Crippen MR) is 81.1 cm³/mol. The lowest BCUT2D eigenvalue weighted by molar-refractivity contribution is 0.225. The predicted octanol–water partition coefficient (Wildman–Crippen LogP) is 3.67.